The van der Waals surface area contributed by atoms with Crippen molar-refractivity contribution < 1.29 is 13.5 Å². The summed E-state index contributed by atoms with van der Waals surface area (Å²) in [5.41, 5.74) is 1.04. The number of ether oxygens (including phenoxy) is 1. The molecular formula is C10H9ClF2N2O. The maximum absolute atomic E-state index is 12.1. The fourth-order valence-electron chi connectivity index (χ4n) is 1.58. The van der Waals surface area contributed by atoms with Crippen molar-refractivity contribution in [2.45, 2.75) is 20.1 Å². The van der Waals surface area contributed by atoms with Crippen molar-refractivity contribution in [2.75, 3.05) is 0 Å². The van der Waals surface area contributed by atoms with Crippen molar-refractivity contribution >= 4 is 22.6 Å². The highest BCUT2D eigenvalue weighted by atomic mass is 35.5. The van der Waals surface area contributed by atoms with E-state index in [1.165, 1.54) is 6.07 Å². The molecule has 1 heterocycles. The van der Waals surface area contributed by atoms with E-state index in [-0.39, 0.29) is 11.0 Å². The molecule has 0 N–H and O–H groups in total. The quantitative estimate of drug-likeness (QED) is 0.831. The summed E-state index contributed by atoms with van der Waals surface area (Å²) in [6, 6.07) is 4.83. The summed E-state index contributed by atoms with van der Waals surface area (Å²) in [5, 5.41) is 0.266. The van der Waals surface area contributed by atoms with Crippen molar-refractivity contribution in [1.29, 1.82) is 0 Å². The van der Waals surface area contributed by atoms with Crippen LogP contribution in [0.5, 0.6) is 5.75 Å². The van der Waals surface area contributed by atoms with Gasteiger partial charge in [-0.15, -0.1) is 0 Å². The lowest BCUT2D eigenvalue weighted by Crippen LogP contribution is -2.02. The number of alkyl halides is 2. The summed E-state index contributed by atoms with van der Waals surface area (Å²) < 4.78 is 30.4. The maximum atomic E-state index is 12.1. The number of halogens is 3. The van der Waals surface area contributed by atoms with Gasteiger partial charge >= 0.3 is 6.61 Å². The number of benzene rings is 1. The van der Waals surface area contributed by atoms with E-state index in [0.29, 0.717) is 17.6 Å². The molecule has 2 aromatic rings. The molecule has 6 heteroatoms. The number of fused-ring (bicyclic) bond motifs is 1. The lowest BCUT2D eigenvalue weighted by molar-refractivity contribution is -0.0489. The van der Waals surface area contributed by atoms with E-state index < -0.39 is 6.61 Å². The Morgan fingerprint density at radius 3 is 2.88 bits per heavy atom. The van der Waals surface area contributed by atoms with E-state index in [1.807, 2.05) is 6.92 Å². The van der Waals surface area contributed by atoms with E-state index in [2.05, 4.69) is 9.72 Å². The number of rotatable bonds is 3. The largest absolute Gasteiger partial charge is 0.432 e. The summed E-state index contributed by atoms with van der Waals surface area (Å²) in [4.78, 5) is 4.01. The van der Waals surface area contributed by atoms with Crippen molar-refractivity contribution in [3.05, 3.63) is 23.5 Å². The fraction of sp³-hybridized carbons (Fsp3) is 0.300. The van der Waals surface area contributed by atoms with Crippen LogP contribution in [-0.4, -0.2) is 16.2 Å². The number of para-hydroxylation sites is 1. The molecule has 0 bridgehead atoms. The summed E-state index contributed by atoms with van der Waals surface area (Å²) in [5.74, 6) is 0.0431. The molecule has 0 saturated carbocycles. The first-order valence-electron chi connectivity index (χ1n) is 4.73. The number of aromatic nitrogens is 2. The second-order valence-corrected chi connectivity index (χ2v) is 3.47. The number of hydrogen-bond donors (Lipinski definition) is 0. The zero-order valence-electron chi connectivity index (χ0n) is 8.45. The number of nitrogens with zero attached hydrogens (tertiary/aromatic N) is 2. The van der Waals surface area contributed by atoms with Gasteiger partial charge in [-0.3, -0.25) is 0 Å². The Balaban J connectivity index is 2.60. The Bertz CT molecular complexity index is 513. The molecular weight excluding hydrogens is 238 g/mol. The molecule has 1 aromatic heterocycles. The number of aryl methyl sites for hydroxylation is 1. The Labute approximate surface area is 95.6 Å². The van der Waals surface area contributed by atoms with Crippen LogP contribution in [0, 0.1) is 0 Å². The first-order valence-corrected chi connectivity index (χ1v) is 5.10. The molecule has 0 fully saturated rings. The molecule has 16 heavy (non-hydrogen) atoms. The van der Waals surface area contributed by atoms with Crippen molar-refractivity contribution in [2.24, 2.45) is 0 Å². The van der Waals surface area contributed by atoms with Gasteiger partial charge in [0, 0.05) is 6.54 Å². The minimum Gasteiger partial charge on any atom is -0.432 e. The molecule has 3 nitrogen and oxygen atoms in total. The third-order valence-electron chi connectivity index (χ3n) is 2.23. The van der Waals surface area contributed by atoms with Gasteiger partial charge in [0.05, 0.1) is 5.52 Å². The predicted octanol–water partition coefficient (Wildman–Crippen LogP) is 3.31. The van der Waals surface area contributed by atoms with E-state index in [9.17, 15) is 8.78 Å². The molecule has 1 aromatic carbocycles. The Hall–Kier alpha value is -1.36. The average molecular weight is 247 g/mol. The van der Waals surface area contributed by atoms with Gasteiger partial charge < -0.3 is 9.30 Å². The molecule has 0 aliphatic heterocycles. The van der Waals surface area contributed by atoms with Crippen LogP contribution in [0.3, 0.4) is 0 Å². The van der Waals surface area contributed by atoms with Crippen molar-refractivity contribution in [3.63, 3.8) is 0 Å². The van der Waals surface area contributed by atoms with Crippen molar-refractivity contribution in [3.8, 4) is 5.75 Å². The zero-order valence-corrected chi connectivity index (χ0v) is 9.21. The molecule has 0 atom stereocenters. The highest BCUT2D eigenvalue weighted by Crippen LogP contribution is 2.28. The van der Waals surface area contributed by atoms with E-state index in [4.69, 9.17) is 11.6 Å². The molecule has 0 aliphatic rings. The predicted molar refractivity (Wildman–Crippen MR) is 57.0 cm³/mol. The molecule has 0 amide bonds. The van der Waals surface area contributed by atoms with Gasteiger partial charge in [0.1, 0.15) is 5.52 Å². The van der Waals surface area contributed by atoms with Crippen LogP contribution in [0.2, 0.25) is 5.28 Å². The van der Waals surface area contributed by atoms with E-state index >= 15 is 0 Å². The zero-order chi connectivity index (χ0) is 11.7. The SMILES string of the molecule is CCn1c(Cl)nc2c(OC(F)F)cccc21. The maximum Gasteiger partial charge on any atom is 0.387 e. The second-order valence-electron chi connectivity index (χ2n) is 3.13. The first-order chi connectivity index (χ1) is 7.63. The number of imidazole rings is 1. The van der Waals surface area contributed by atoms with Crippen LogP contribution < -0.4 is 4.74 Å². The molecule has 2 rings (SSSR count). The monoisotopic (exact) mass is 246 g/mol. The normalized spacial score (nSPS) is 11.3. The van der Waals surface area contributed by atoms with E-state index in [0.717, 1.165) is 0 Å². The molecule has 0 unspecified atom stereocenters. The van der Waals surface area contributed by atoms with Crippen LogP contribution in [0.1, 0.15) is 6.92 Å². The summed E-state index contributed by atoms with van der Waals surface area (Å²) in [7, 11) is 0. The third-order valence-corrected chi connectivity index (χ3v) is 2.52. The van der Waals surface area contributed by atoms with Crippen LogP contribution in [-0.2, 0) is 6.54 Å². The van der Waals surface area contributed by atoms with Crippen LogP contribution in [0.15, 0.2) is 18.2 Å². The molecule has 0 radical (unpaired) electrons. The Morgan fingerprint density at radius 1 is 1.50 bits per heavy atom. The Kier molecular flexibility index (Phi) is 2.96. The van der Waals surface area contributed by atoms with Gasteiger partial charge in [0.15, 0.2) is 5.75 Å². The number of hydrogen-bond acceptors (Lipinski definition) is 2. The molecule has 0 saturated heterocycles. The van der Waals surface area contributed by atoms with Crippen molar-refractivity contribution in [1.82, 2.24) is 9.55 Å². The van der Waals surface area contributed by atoms with Gasteiger partial charge in [-0.25, -0.2) is 4.98 Å². The molecule has 0 aliphatic carbocycles. The lowest BCUT2D eigenvalue weighted by atomic mass is 10.3. The Morgan fingerprint density at radius 2 is 2.25 bits per heavy atom. The standard InChI is InChI=1S/C10H9ClF2N2O/c1-2-15-6-4-3-5-7(16-10(12)13)8(6)14-9(15)11/h3-5,10H,2H2,1H3. The fourth-order valence-corrected chi connectivity index (χ4v) is 1.88. The summed E-state index contributed by atoms with van der Waals surface area (Å²) in [6.45, 7) is -0.350. The van der Waals surface area contributed by atoms with Crippen LogP contribution >= 0.6 is 11.6 Å². The summed E-state index contributed by atoms with van der Waals surface area (Å²) in [6.07, 6.45) is 0. The third kappa shape index (κ3) is 1.82. The first kappa shape index (κ1) is 11.1. The molecule has 0 spiro atoms. The average Bonchev–Trinajstić information content (AvgIpc) is 2.54. The van der Waals surface area contributed by atoms with Gasteiger partial charge in [0.25, 0.3) is 0 Å². The van der Waals surface area contributed by atoms with Gasteiger partial charge in [-0.05, 0) is 30.7 Å². The van der Waals surface area contributed by atoms with Gasteiger partial charge in [-0.1, -0.05) is 6.07 Å². The van der Waals surface area contributed by atoms with Crippen LogP contribution in [0.25, 0.3) is 11.0 Å². The minimum atomic E-state index is -2.86. The van der Waals surface area contributed by atoms with Crippen LogP contribution in [0.4, 0.5) is 8.78 Å². The topological polar surface area (TPSA) is 27.1 Å². The minimum absolute atomic E-state index is 0.0431. The van der Waals surface area contributed by atoms with Gasteiger partial charge in [-0.2, -0.15) is 8.78 Å². The summed E-state index contributed by atoms with van der Waals surface area (Å²) >= 11 is 5.89. The van der Waals surface area contributed by atoms with Gasteiger partial charge in [0.2, 0.25) is 5.28 Å². The lowest BCUT2D eigenvalue weighted by Gasteiger charge is -2.05. The molecule has 86 valence electrons. The van der Waals surface area contributed by atoms with E-state index in [1.54, 1.807) is 16.7 Å². The smallest absolute Gasteiger partial charge is 0.387 e. The second kappa shape index (κ2) is 4.25. The highest BCUT2D eigenvalue weighted by Gasteiger charge is 2.14. The highest BCUT2D eigenvalue weighted by molar-refractivity contribution is 6.29.